The van der Waals surface area contributed by atoms with Crippen molar-refractivity contribution >= 4 is 22.9 Å². The number of amides is 1. The Labute approximate surface area is 165 Å². The van der Waals surface area contributed by atoms with Crippen molar-refractivity contribution in [3.63, 3.8) is 0 Å². The third-order valence-electron chi connectivity index (χ3n) is 4.19. The first-order valence-electron chi connectivity index (χ1n) is 8.69. The average molecular weight is 389 g/mol. The lowest BCUT2D eigenvalue weighted by atomic mass is 10.1. The molecule has 1 N–H and O–H groups in total. The van der Waals surface area contributed by atoms with Crippen LogP contribution in [0.3, 0.4) is 0 Å². The van der Waals surface area contributed by atoms with Crippen LogP contribution in [0.4, 0.5) is 10.1 Å². The lowest BCUT2D eigenvalue weighted by Gasteiger charge is -2.06. The Kier molecular flexibility index (Phi) is 5.21. The summed E-state index contributed by atoms with van der Waals surface area (Å²) in [5, 5.41) is 5.54. The largest absolute Gasteiger partial charge is 0.323 e. The van der Waals surface area contributed by atoms with E-state index in [0.29, 0.717) is 0 Å². The number of halogens is 1. The minimum absolute atomic E-state index is 0.175. The first-order chi connectivity index (χ1) is 13.7. The number of nitrogens with zero attached hydrogens (tertiary/aromatic N) is 2. The summed E-state index contributed by atoms with van der Waals surface area (Å²) in [6.07, 6.45) is 3.67. The van der Waals surface area contributed by atoms with Gasteiger partial charge in [0.25, 0.3) is 0 Å². The quantitative estimate of drug-likeness (QED) is 0.511. The SMILES string of the molecule is O=C(Cc1ccc(-c2csc(-c3ccncc3)n2)cc1)Nc1ccccc1F. The molecule has 0 atom stereocenters. The van der Waals surface area contributed by atoms with Crippen molar-refractivity contribution < 1.29 is 9.18 Å². The maximum absolute atomic E-state index is 13.6. The van der Waals surface area contributed by atoms with Crippen molar-refractivity contribution in [3.05, 3.63) is 89.8 Å². The highest BCUT2D eigenvalue weighted by molar-refractivity contribution is 7.13. The first kappa shape index (κ1) is 18.0. The van der Waals surface area contributed by atoms with Crippen LogP contribution in [0.2, 0.25) is 0 Å². The highest BCUT2D eigenvalue weighted by Crippen LogP contribution is 2.28. The fraction of sp³-hybridized carbons (Fsp3) is 0.0455. The molecule has 28 heavy (non-hydrogen) atoms. The lowest BCUT2D eigenvalue weighted by molar-refractivity contribution is -0.115. The zero-order chi connectivity index (χ0) is 19.3. The third kappa shape index (κ3) is 4.13. The van der Waals surface area contributed by atoms with Crippen molar-refractivity contribution in [2.75, 3.05) is 5.32 Å². The number of rotatable bonds is 5. The van der Waals surface area contributed by atoms with Crippen LogP contribution in [-0.2, 0) is 11.2 Å². The molecule has 4 rings (SSSR count). The van der Waals surface area contributed by atoms with Gasteiger partial charge in [0, 0.05) is 28.9 Å². The second-order valence-electron chi connectivity index (χ2n) is 6.18. The first-order valence-corrected chi connectivity index (χ1v) is 9.56. The summed E-state index contributed by atoms with van der Waals surface area (Å²) >= 11 is 1.58. The van der Waals surface area contributed by atoms with Gasteiger partial charge in [-0.1, -0.05) is 36.4 Å². The van der Waals surface area contributed by atoms with Crippen LogP contribution in [0.25, 0.3) is 21.8 Å². The molecule has 2 aromatic heterocycles. The van der Waals surface area contributed by atoms with Gasteiger partial charge in [-0.25, -0.2) is 9.37 Å². The molecule has 0 fully saturated rings. The third-order valence-corrected chi connectivity index (χ3v) is 5.09. The molecular weight excluding hydrogens is 373 g/mol. The summed E-state index contributed by atoms with van der Waals surface area (Å²) in [5.41, 5.74) is 3.94. The molecule has 0 aliphatic carbocycles. The molecule has 0 bridgehead atoms. The van der Waals surface area contributed by atoms with E-state index < -0.39 is 5.82 Å². The van der Waals surface area contributed by atoms with E-state index in [0.717, 1.165) is 27.4 Å². The van der Waals surface area contributed by atoms with Gasteiger partial charge in [0.1, 0.15) is 10.8 Å². The van der Waals surface area contributed by atoms with Gasteiger partial charge in [-0.3, -0.25) is 9.78 Å². The molecule has 6 heteroatoms. The number of thiazole rings is 1. The summed E-state index contributed by atoms with van der Waals surface area (Å²) in [6.45, 7) is 0. The van der Waals surface area contributed by atoms with Gasteiger partial charge in [-0.2, -0.15) is 0 Å². The fourth-order valence-corrected chi connectivity index (χ4v) is 3.60. The molecule has 1 amide bonds. The van der Waals surface area contributed by atoms with E-state index in [2.05, 4.69) is 15.3 Å². The van der Waals surface area contributed by atoms with E-state index in [4.69, 9.17) is 0 Å². The fourth-order valence-electron chi connectivity index (χ4n) is 2.77. The predicted octanol–water partition coefficient (Wildman–Crippen LogP) is 5.19. The minimum Gasteiger partial charge on any atom is -0.323 e. The summed E-state index contributed by atoms with van der Waals surface area (Å²) in [7, 11) is 0. The molecule has 0 saturated carbocycles. The van der Waals surface area contributed by atoms with Crippen LogP contribution in [0.15, 0.2) is 78.4 Å². The zero-order valence-corrected chi connectivity index (χ0v) is 15.6. The highest BCUT2D eigenvalue weighted by atomic mass is 32.1. The van der Waals surface area contributed by atoms with Gasteiger partial charge in [0.05, 0.1) is 17.8 Å². The van der Waals surface area contributed by atoms with Crippen molar-refractivity contribution in [1.29, 1.82) is 0 Å². The normalized spacial score (nSPS) is 10.6. The molecule has 2 heterocycles. The number of aromatic nitrogens is 2. The van der Waals surface area contributed by atoms with Crippen LogP contribution in [0.1, 0.15) is 5.56 Å². The van der Waals surface area contributed by atoms with E-state index in [1.54, 1.807) is 41.9 Å². The maximum Gasteiger partial charge on any atom is 0.228 e. The zero-order valence-electron chi connectivity index (χ0n) is 14.8. The van der Waals surface area contributed by atoms with E-state index in [1.165, 1.54) is 6.07 Å². The number of carbonyl (C=O) groups excluding carboxylic acids is 1. The molecule has 4 nitrogen and oxygen atoms in total. The van der Waals surface area contributed by atoms with Crippen molar-refractivity contribution in [3.8, 4) is 21.8 Å². The molecular formula is C22H16FN3OS. The Balaban J connectivity index is 1.44. The van der Waals surface area contributed by atoms with Gasteiger partial charge in [-0.15, -0.1) is 11.3 Å². The topological polar surface area (TPSA) is 54.9 Å². The molecule has 2 aromatic carbocycles. The number of anilines is 1. The Hall–Kier alpha value is -3.38. The van der Waals surface area contributed by atoms with E-state index in [1.807, 2.05) is 41.8 Å². The molecule has 4 aromatic rings. The summed E-state index contributed by atoms with van der Waals surface area (Å²) in [5.74, 6) is -0.703. The average Bonchev–Trinajstić information content (AvgIpc) is 3.21. The van der Waals surface area contributed by atoms with Crippen molar-refractivity contribution in [1.82, 2.24) is 9.97 Å². The van der Waals surface area contributed by atoms with E-state index in [-0.39, 0.29) is 18.0 Å². The minimum atomic E-state index is -0.445. The van der Waals surface area contributed by atoms with Crippen LogP contribution in [0.5, 0.6) is 0 Å². The van der Waals surface area contributed by atoms with Gasteiger partial charge in [-0.05, 0) is 29.8 Å². The number of para-hydroxylation sites is 1. The predicted molar refractivity (Wildman–Crippen MR) is 110 cm³/mol. The molecule has 138 valence electrons. The van der Waals surface area contributed by atoms with Gasteiger partial charge in [0.15, 0.2) is 0 Å². The van der Waals surface area contributed by atoms with Crippen LogP contribution >= 0.6 is 11.3 Å². The number of carbonyl (C=O) groups is 1. The number of benzene rings is 2. The second-order valence-corrected chi connectivity index (χ2v) is 7.03. The second kappa shape index (κ2) is 8.10. The van der Waals surface area contributed by atoms with Crippen LogP contribution < -0.4 is 5.32 Å². The Morgan fingerprint density at radius 3 is 2.46 bits per heavy atom. The monoisotopic (exact) mass is 389 g/mol. The molecule has 0 aliphatic heterocycles. The molecule has 0 aliphatic rings. The molecule has 0 radical (unpaired) electrons. The summed E-state index contributed by atoms with van der Waals surface area (Å²) < 4.78 is 13.6. The van der Waals surface area contributed by atoms with Crippen molar-refractivity contribution in [2.24, 2.45) is 0 Å². The van der Waals surface area contributed by atoms with Gasteiger partial charge in [0.2, 0.25) is 5.91 Å². The summed E-state index contributed by atoms with van der Waals surface area (Å²) in [4.78, 5) is 20.9. The maximum atomic E-state index is 13.6. The smallest absolute Gasteiger partial charge is 0.228 e. The van der Waals surface area contributed by atoms with Crippen molar-refractivity contribution in [2.45, 2.75) is 6.42 Å². The standard InChI is InChI=1S/C22H16FN3OS/c23-18-3-1-2-4-19(18)25-21(27)13-15-5-7-16(8-6-15)20-14-28-22(26-20)17-9-11-24-12-10-17/h1-12,14H,13H2,(H,25,27). The summed E-state index contributed by atoms with van der Waals surface area (Å²) in [6, 6.07) is 17.7. The van der Waals surface area contributed by atoms with Gasteiger partial charge >= 0.3 is 0 Å². The number of nitrogens with one attached hydrogen (secondary N) is 1. The molecule has 0 spiro atoms. The van der Waals surface area contributed by atoms with Crippen LogP contribution in [0, 0.1) is 5.82 Å². The van der Waals surface area contributed by atoms with E-state index >= 15 is 0 Å². The number of hydrogen-bond donors (Lipinski definition) is 1. The highest BCUT2D eigenvalue weighted by Gasteiger charge is 2.09. The number of hydrogen-bond acceptors (Lipinski definition) is 4. The van der Waals surface area contributed by atoms with Crippen LogP contribution in [-0.4, -0.2) is 15.9 Å². The Morgan fingerprint density at radius 1 is 0.964 bits per heavy atom. The number of pyridine rings is 1. The molecule has 0 saturated heterocycles. The van der Waals surface area contributed by atoms with Gasteiger partial charge < -0.3 is 5.32 Å². The lowest BCUT2D eigenvalue weighted by Crippen LogP contribution is -2.15. The Morgan fingerprint density at radius 2 is 1.71 bits per heavy atom. The Bertz CT molecular complexity index is 1090. The van der Waals surface area contributed by atoms with E-state index in [9.17, 15) is 9.18 Å². The molecule has 0 unspecified atom stereocenters.